The lowest BCUT2D eigenvalue weighted by molar-refractivity contribution is -0.245. The van der Waals surface area contributed by atoms with Gasteiger partial charge in [-0.05, 0) is 40.6 Å². The molecule has 0 bridgehead atoms. The molecular weight excluding hydrogens is 498 g/mol. The molecule has 3 aromatic rings. The Morgan fingerprint density at radius 2 is 2.00 bits per heavy atom. The lowest BCUT2D eigenvalue weighted by atomic mass is 10.0. The maximum absolute atomic E-state index is 12.4. The summed E-state index contributed by atoms with van der Waals surface area (Å²) < 4.78 is 19.2. The Balaban J connectivity index is 1.52. The number of carbonyl (C=O) groups excluding carboxylic acids is 2. The number of aliphatic hydroxyl groups is 1. The molecule has 1 aliphatic rings. The molecule has 12 heteroatoms. The number of aromatic nitrogens is 4. The van der Waals surface area contributed by atoms with Gasteiger partial charge in [-0.15, -0.1) is 5.10 Å². The molecule has 0 spiro atoms. The van der Waals surface area contributed by atoms with E-state index >= 15 is 0 Å². The predicted octanol–water partition coefficient (Wildman–Crippen LogP) is 2.93. The summed E-state index contributed by atoms with van der Waals surface area (Å²) in [5, 5.41) is 24.4. The van der Waals surface area contributed by atoms with Crippen LogP contribution in [0.4, 0.5) is 5.69 Å². The van der Waals surface area contributed by atoms with E-state index in [4.69, 9.17) is 14.2 Å². The zero-order valence-electron chi connectivity index (χ0n) is 20.7. The Kier molecular flexibility index (Phi) is 8.87. The molecule has 4 atom stereocenters. The fourth-order valence-corrected chi connectivity index (χ4v) is 4.71. The Morgan fingerprint density at radius 1 is 1.22 bits per heavy atom. The Labute approximate surface area is 218 Å². The van der Waals surface area contributed by atoms with Crippen LogP contribution in [0, 0.1) is 0 Å². The van der Waals surface area contributed by atoms with Crippen molar-refractivity contribution in [3.63, 3.8) is 0 Å². The van der Waals surface area contributed by atoms with Crippen molar-refractivity contribution in [1.82, 2.24) is 20.2 Å². The van der Waals surface area contributed by atoms with Gasteiger partial charge >= 0.3 is 5.97 Å². The average molecular weight is 528 g/mol. The van der Waals surface area contributed by atoms with Crippen LogP contribution in [0.5, 0.6) is 0 Å². The summed E-state index contributed by atoms with van der Waals surface area (Å²) in [6.07, 6.45) is -1.43. The quantitative estimate of drug-likeness (QED) is 0.315. The molecule has 0 radical (unpaired) electrons. The molecule has 2 N–H and O–H groups in total. The smallest absolute Gasteiger partial charge is 0.303 e. The molecule has 1 aromatic heterocycles. The SMILES string of the molecule is CC(=O)OC(C)C(=O)Nc1cccc(C2OC(CSc3nnnn3C)CC(c3ccc(CO)cc3)O2)c1. The maximum Gasteiger partial charge on any atom is 0.303 e. The fraction of sp³-hybridized carbons (Fsp3) is 0.400. The first kappa shape index (κ1) is 26.7. The van der Waals surface area contributed by atoms with Crippen molar-refractivity contribution in [3.05, 3.63) is 65.2 Å². The highest BCUT2D eigenvalue weighted by atomic mass is 32.2. The largest absolute Gasteiger partial charge is 0.453 e. The van der Waals surface area contributed by atoms with Gasteiger partial charge in [0.05, 0.1) is 18.8 Å². The van der Waals surface area contributed by atoms with Crippen LogP contribution in [0.2, 0.25) is 0 Å². The van der Waals surface area contributed by atoms with Crippen molar-refractivity contribution in [2.45, 2.75) is 56.6 Å². The summed E-state index contributed by atoms with van der Waals surface area (Å²) in [4.78, 5) is 23.6. The number of carbonyl (C=O) groups is 2. The number of hydrogen-bond donors (Lipinski definition) is 2. The number of aryl methyl sites for hydroxylation is 1. The van der Waals surface area contributed by atoms with Gasteiger partial charge in [-0.25, -0.2) is 4.68 Å². The standard InChI is InChI=1S/C25H29N5O6S/c1-15(34-16(2)32)23(33)26-20-6-4-5-19(11-20)24-35-21(14-37-25-27-28-29-30(25)3)12-22(36-24)18-9-7-17(13-31)8-10-18/h4-11,15,21-22,24,31H,12-14H2,1-3H3,(H,26,33). The van der Waals surface area contributed by atoms with Crippen LogP contribution in [-0.4, -0.2) is 55.2 Å². The lowest BCUT2D eigenvalue weighted by Crippen LogP contribution is -2.31. The number of benzene rings is 2. The van der Waals surface area contributed by atoms with Crippen LogP contribution < -0.4 is 5.32 Å². The molecule has 196 valence electrons. The average Bonchev–Trinajstić information content (AvgIpc) is 3.31. The summed E-state index contributed by atoms with van der Waals surface area (Å²) in [5.41, 5.74) is 3.05. The second-order valence-corrected chi connectivity index (χ2v) is 9.60. The minimum Gasteiger partial charge on any atom is -0.453 e. The molecule has 1 fully saturated rings. The van der Waals surface area contributed by atoms with Crippen LogP contribution in [0.3, 0.4) is 0 Å². The van der Waals surface area contributed by atoms with E-state index in [1.165, 1.54) is 25.6 Å². The lowest BCUT2D eigenvalue weighted by Gasteiger charge is -2.36. The van der Waals surface area contributed by atoms with Crippen LogP contribution in [0.15, 0.2) is 53.7 Å². The highest BCUT2D eigenvalue weighted by molar-refractivity contribution is 7.99. The summed E-state index contributed by atoms with van der Waals surface area (Å²) in [7, 11) is 1.78. The molecule has 2 heterocycles. The molecule has 0 aliphatic carbocycles. The second kappa shape index (κ2) is 12.3. The first-order valence-electron chi connectivity index (χ1n) is 11.8. The number of ether oxygens (including phenoxy) is 3. The number of nitrogens with one attached hydrogen (secondary N) is 1. The number of esters is 1. The predicted molar refractivity (Wildman–Crippen MR) is 134 cm³/mol. The highest BCUT2D eigenvalue weighted by Gasteiger charge is 2.33. The van der Waals surface area contributed by atoms with Gasteiger partial charge in [-0.1, -0.05) is 48.2 Å². The minimum atomic E-state index is -0.925. The van der Waals surface area contributed by atoms with E-state index in [1.807, 2.05) is 30.3 Å². The van der Waals surface area contributed by atoms with Crippen LogP contribution in [0.25, 0.3) is 0 Å². The van der Waals surface area contributed by atoms with Crippen LogP contribution in [-0.2, 0) is 37.5 Å². The molecule has 11 nitrogen and oxygen atoms in total. The van der Waals surface area contributed by atoms with Gasteiger partial charge in [-0.3, -0.25) is 9.59 Å². The highest BCUT2D eigenvalue weighted by Crippen LogP contribution is 2.39. The van der Waals surface area contributed by atoms with Gasteiger partial charge in [0.1, 0.15) is 0 Å². The number of aliphatic hydroxyl groups excluding tert-OH is 1. The minimum absolute atomic E-state index is 0.0306. The molecule has 1 saturated heterocycles. The summed E-state index contributed by atoms with van der Waals surface area (Å²) in [6.45, 7) is 2.73. The van der Waals surface area contributed by atoms with Gasteiger partial charge in [0.15, 0.2) is 12.4 Å². The number of rotatable bonds is 9. The Morgan fingerprint density at radius 3 is 2.68 bits per heavy atom. The van der Waals surface area contributed by atoms with Gasteiger partial charge in [0, 0.05) is 37.4 Å². The number of hydrogen-bond acceptors (Lipinski definition) is 10. The van der Waals surface area contributed by atoms with E-state index < -0.39 is 24.3 Å². The molecular formula is C25H29N5O6S. The molecule has 0 saturated carbocycles. The fourth-order valence-electron chi connectivity index (χ4n) is 3.84. The van der Waals surface area contributed by atoms with Crippen LogP contribution in [0.1, 0.15) is 49.4 Å². The first-order chi connectivity index (χ1) is 17.8. The van der Waals surface area contributed by atoms with Crippen molar-refractivity contribution in [2.75, 3.05) is 11.1 Å². The number of nitrogens with zero attached hydrogens (tertiary/aromatic N) is 4. The third-order valence-corrected chi connectivity index (χ3v) is 6.88. The Bertz CT molecular complexity index is 1220. The van der Waals surface area contributed by atoms with Gasteiger partial charge < -0.3 is 24.6 Å². The van der Waals surface area contributed by atoms with E-state index in [2.05, 4.69) is 20.8 Å². The number of thioether (sulfide) groups is 1. The van der Waals surface area contributed by atoms with E-state index in [0.29, 0.717) is 23.0 Å². The summed E-state index contributed by atoms with van der Waals surface area (Å²) in [6, 6.07) is 14.8. The van der Waals surface area contributed by atoms with Crippen LogP contribution >= 0.6 is 11.8 Å². The molecule has 1 aliphatic heterocycles. The third kappa shape index (κ3) is 7.13. The number of tetrazole rings is 1. The zero-order chi connectivity index (χ0) is 26.4. The van der Waals surface area contributed by atoms with Gasteiger partial charge in [0.2, 0.25) is 5.16 Å². The summed E-state index contributed by atoms with van der Waals surface area (Å²) in [5.74, 6) is -0.360. The van der Waals surface area contributed by atoms with Gasteiger partial charge in [0.25, 0.3) is 5.91 Å². The van der Waals surface area contributed by atoms with Crippen molar-refractivity contribution in [3.8, 4) is 0 Å². The Hall–Kier alpha value is -3.32. The van der Waals surface area contributed by atoms with Gasteiger partial charge in [-0.2, -0.15) is 0 Å². The monoisotopic (exact) mass is 527 g/mol. The third-order valence-electron chi connectivity index (χ3n) is 5.73. The van der Waals surface area contributed by atoms with Crippen molar-refractivity contribution in [1.29, 1.82) is 0 Å². The summed E-state index contributed by atoms with van der Waals surface area (Å²) >= 11 is 1.50. The van der Waals surface area contributed by atoms with E-state index in [9.17, 15) is 14.7 Å². The molecule has 2 aromatic carbocycles. The normalized spacial score (nSPS) is 20.3. The molecule has 4 unspecified atom stereocenters. The zero-order valence-corrected chi connectivity index (χ0v) is 21.6. The van der Waals surface area contributed by atoms with E-state index in [-0.39, 0.29) is 18.8 Å². The molecule has 4 rings (SSSR count). The molecule has 1 amide bonds. The molecule has 37 heavy (non-hydrogen) atoms. The van der Waals surface area contributed by atoms with E-state index in [0.717, 1.165) is 16.7 Å². The van der Waals surface area contributed by atoms with Crippen molar-refractivity contribution < 1.29 is 28.9 Å². The van der Waals surface area contributed by atoms with Crippen molar-refractivity contribution >= 4 is 29.3 Å². The maximum atomic E-state index is 12.4. The number of amides is 1. The number of anilines is 1. The second-order valence-electron chi connectivity index (χ2n) is 8.61. The first-order valence-corrected chi connectivity index (χ1v) is 12.7. The van der Waals surface area contributed by atoms with Crippen molar-refractivity contribution in [2.24, 2.45) is 7.05 Å². The van der Waals surface area contributed by atoms with E-state index in [1.54, 1.807) is 29.9 Å². The topological polar surface area (TPSA) is 138 Å².